The summed E-state index contributed by atoms with van der Waals surface area (Å²) in [6.45, 7) is -0.612. The molecule has 1 aromatic carbocycles. The van der Waals surface area contributed by atoms with E-state index in [1.807, 2.05) is 0 Å². The van der Waals surface area contributed by atoms with Crippen molar-refractivity contribution in [1.29, 1.82) is 0 Å². The van der Waals surface area contributed by atoms with Gasteiger partial charge in [0.25, 0.3) is 5.78 Å². The normalized spacial score (nSPS) is 11.9. The van der Waals surface area contributed by atoms with Crippen LogP contribution in [0.5, 0.6) is 0 Å². The fraction of sp³-hybridized carbons (Fsp3) is 0.312. The van der Waals surface area contributed by atoms with E-state index < -0.39 is 35.8 Å². The molecule has 0 bridgehead atoms. The van der Waals surface area contributed by atoms with Crippen LogP contribution in [-0.4, -0.2) is 34.5 Å². The second-order valence-corrected chi connectivity index (χ2v) is 5.72. The number of carbonyl (C=O) groups excluding carboxylic acids is 1. The molecule has 150 valence electrons. The number of rotatable bonds is 4. The highest BCUT2D eigenvalue weighted by Crippen LogP contribution is 2.36. The number of ether oxygens (including phenoxy) is 1. The van der Waals surface area contributed by atoms with E-state index in [0.717, 1.165) is 4.68 Å². The van der Waals surface area contributed by atoms with Crippen molar-refractivity contribution in [2.24, 2.45) is 0 Å². The number of alkyl halides is 6. The monoisotopic (exact) mass is 425 g/mol. The van der Waals surface area contributed by atoms with Gasteiger partial charge in [0.15, 0.2) is 10.8 Å². The highest BCUT2D eigenvalue weighted by molar-refractivity contribution is 6.33. The van der Waals surface area contributed by atoms with E-state index in [1.165, 1.54) is 7.11 Å². The van der Waals surface area contributed by atoms with Crippen molar-refractivity contribution in [3.63, 3.8) is 0 Å². The molecule has 0 saturated heterocycles. The maximum atomic E-state index is 12.9. The second kappa shape index (κ2) is 8.20. The molecule has 2 aromatic rings. The van der Waals surface area contributed by atoms with Gasteiger partial charge in [-0.05, 0) is 29.7 Å². The minimum absolute atomic E-state index is 0.00674. The number of halogens is 7. The summed E-state index contributed by atoms with van der Waals surface area (Å²) in [4.78, 5) is 11.9. The quantitative estimate of drug-likeness (QED) is 0.323. The summed E-state index contributed by atoms with van der Waals surface area (Å²) in [5.74, 6) is 3.70. The molecule has 0 unspecified atom stereocenters. The van der Waals surface area contributed by atoms with Gasteiger partial charge in [-0.15, -0.1) is 5.10 Å². The van der Waals surface area contributed by atoms with Crippen molar-refractivity contribution in [3.8, 4) is 11.8 Å². The molecule has 1 heterocycles. The van der Waals surface area contributed by atoms with Crippen LogP contribution in [0.1, 0.15) is 27.2 Å². The SMILES string of the molecule is COCC#CC(=O)c1nnn(Cc2cc(C(F)(F)F)cc(C(F)(F)F)c2)c1Cl. The summed E-state index contributed by atoms with van der Waals surface area (Å²) in [5.41, 5.74) is -3.71. The first-order valence-corrected chi connectivity index (χ1v) is 7.70. The van der Waals surface area contributed by atoms with Crippen LogP contribution >= 0.6 is 11.6 Å². The van der Waals surface area contributed by atoms with Crippen LogP contribution in [0.2, 0.25) is 5.15 Å². The molecule has 0 amide bonds. The summed E-state index contributed by atoms with van der Waals surface area (Å²) in [5, 5.41) is 6.60. The van der Waals surface area contributed by atoms with Crippen molar-refractivity contribution in [1.82, 2.24) is 15.0 Å². The molecule has 5 nitrogen and oxygen atoms in total. The maximum absolute atomic E-state index is 12.9. The summed E-state index contributed by atoms with van der Waals surface area (Å²) in [6.07, 6.45) is -9.97. The van der Waals surface area contributed by atoms with Crippen LogP contribution in [0.3, 0.4) is 0 Å². The van der Waals surface area contributed by atoms with Gasteiger partial charge in [0.2, 0.25) is 0 Å². The Balaban J connectivity index is 2.39. The van der Waals surface area contributed by atoms with E-state index >= 15 is 0 Å². The molecule has 0 radical (unpaired) electrons. The second-order valence-electron chi connectivity index (χ2n) is 5.36. The molecule has 0 spiro atoms. The first kappa shape index (κ1) is 21.7. The first-order chi connectivity index (χ1) is 12.9. The van der Waals surface area contributed by atoms with Gasteiger partial charge in [0, 0.05) is 7.11 Å². The zero-order valence-corrected chi connectivity index (χ0v) is 14.7. The third kappa shape index (κ3) is 5.24. The minimum atomic E-state index is -4.99. The molecule has 0 atom stereocenters. The highest BCUT2D eigenvalue weighted by Gasteiger charge is 2.37. The molecule has 0 aliphatic carbocycles. The van der Waals surface area contributed by atoms with Gasteiger partial charge in [-0.1, -0.05) is 22.7 Å². The summed E-state index contributed by atoms with van der Waals surface area (Å²) in [7, 11) is 1.35. The van der Waals surface area contributed by atoms with Gasteiger partial charge < -0.3 is 4.74 Å². The first-order valence-electron chi connectivity index (χ1n) is 7.33. The van der Waals surface area contributed by atoms with Crippen molar-refractivity contribution in [2.75, 3.05) is 13.7 Å². The Morgan fingerprint density at radius 3 is 2.21 bits per heavy atom. The Morgan fingerprint density at radius 1 is 1.14 bits per heavy atom. The predicted octanol–water partition coefficient (Wildman–Crippen LogP) is 3.85. The Labute approximate surface area is 159 Å². The molecule has 0 fully saturated rings. The highest BCUT2D eigenvalue weighted by atomic mass is 35.5. The minimum Gasteiger partial charge on any atom is -0.372 e. The van der Waals surface area contributed by atoms with Crippen LogP contribution in [-0.2, 0) is 23.6 Å². The summed E-state index contributed by atoms with van der Waals surface area (Å²) in [6, 6.07) is 1.08. The van der Waals surface area contributed by atoms with E-state index in [0.29, 0.717) is 12.1 Å². The third-order valence-electron chi connectivity index (χ3n) is 3.29. The number of carbonyl (C=O) groups is 1. The van der Waals surface area contributed by atoms with Crippen LogP contribution < -0.4 is 0 Å². The van der Waals surface area contributed by atoms with Gasteiger partial charge in [0.05, 0.1) is 17.7 Å². The molecule has 0 N–H and O–H groups in total. The van der Waals surface area contributed by atoms with Crippen molar-refractivity contribution in [2.45, 2.75) is 18.9 Å². The van der Waals surface area contributed by atoms with Gasteiger partial charge in [-0.3, -0.25) is 4.79 Å². The zero-order valence-electron chi connectivity index (χ0n) is 14.0. The number of Topliss-reactive ketones (excluding diaryl/α,β-unsaturated/α-hetero) is 1. The van der Waals surface area contributed by atoms with Gasteiger partial charge >= 0.3 is 12.4 Å². The number of methoxy groups -OCH3 is 1. The predicted molar refractivity (Wildman–Crippen MR) is 84.6 cm³/mol. The average molecular weight is 426 g/mol. The Kier molecular flexibility index (Phi) is 6.36. The van der Waals surface area contributed by atoms with Crippen LogP contribution in [0.25, 0.3) is 0 Å². The van der Waals surface area contributed by atoms with E-state index in [4.69, 9.17) is 11.6 Å². The summed E-state index contributed by atoms with van der Waals surface area (Å²) >= 11 is 5.91. The molecular formula is C16H10ClF6N3O2. The van der Waals surface area contributed by atoms with Gasteiger partial charge in [-0.2, -0.15) is 26.3 Å². The van der Waals surface area contributed by atoms with Crippen molar-refractivity contribution >= 4 is 17.4 Å². The summed E-state index contributed by atoms with van der Waals surface area (Å²) < 4.78 is 82.9. The van der Waals surface area contributed by atoms with Crippen LogP contribution in [0.4, 0.5) is 26.3 Å². The van der Waals surface area contributed by atoms with Crippen molar-refractivity contribution < 1.29 is 35.9 Å². The molecule has 28 heavy (non-hydrogen) atoms. The maximum Gasteiger partial charge on any atom is 0.416 e. The third-order valence-corrected chi connectivity index (χ3v) is 3.66. The topological polar surface area (TPSA) is 57.0 Å². The van der Waals surface area contributed by atoms with E-state index in [1.54, 1.807) is 0 Å². The largest absolute Gasteiger partial charge is 0.416 e. The van der Waals surface area contributed by atoms with Crippen molar-refractivity contribution in [3.05, 3.63) is 45.7 Å². The lowest BCUT2D eigenvalue weighted by Gasteiger charge is -2.14. The molecule has 2 rings (SSSR count). The lowest BCUT2D eigenvalue weighted by atomic mass is 10.0. The van der Waals surface area contributed by atoms with Crippen LogP contribution in [0.15, 0.2) is 18.2 Å². The molecule has 0 saturated carbocycles. The van der Waals surface area contributed by atoms with E-state index in [9.17, 15) is 31.1 Å². The molecule has 12 heteroatoms. The van der Waals surface area contributed by atoms with Gasteiger partial charge in [-0.25, -0.2) is 4.68 Å². The molecule has 0 aliphatic heterocycles. The number of ketones is 1. The molecular weight excluding hydrogens is 416 g/mol. The number of aromatic nitrogens is 3. The fourth-order valence-electron chi connectivity index (χ4n) is 2.07. The molecule has 0 aliphatic rings. The smallest absolute Gasteiger partial charge is 0.372 e. The Morgan fingerprint density at radius 2 is 1.71 bits per heavy atom. The fourth-order valence-corrected chi connectivity index (χ4v) is 2.29. The van der Waals surface area contributed by atoms with E-state index in [2.05, 4.69) is 26.9 Å². The Bertz CT molecular complexity index is 908. The van der Waals surface area contributed by atoms with Crippen LogP contribution in [0, 0.1) is 11.8 Å². The number of hydrogen-bond donors (Lipinski definition) is 0. The molecule has 1 aromatic heterocycles. The lowest BCUT2D eigenvalue weighted by molar-refractivity contribution is -0.143. The Hall–Kier alpha value is -2.58. The zero-order chi connectivity index (χ0) is 21.1. The average Bonchev–Trinajstić information content (AvgIpc) is 2.94. The number of benzene rings is 1. The van der Waals surface area contributed by atoms with Gasteiger partial charge in [0.1, 0.15) is 6.61 Å². The standard InChI is InChI=1S/C16H10ClF6N3O2/c1-28-4-2-3-12(27)13-14(17)26(25-24-13)8-9-5-10(15(18,19)20)7-11(6-9)16(21,22)23/h5-7H,4,8H2,1H3. The lowest BCUT2D eigenvalue weighted by Crippen LogP contribution is -2.13. The number of nitrogens with zero attached hydrogens (tertiary/aromatic N) is 3. The van der Waals surface area contributed by atoms with E-state index in [-0.39, 0.29) is 29.1 Å². The number of hydrogen-bond acceptors (Lipinski definition) is 4.